The number of likely N-dealkylation sites (tertiary alicyclic amines) is 1. The third-order valence-corrected chi connectivity index (χ3v) is 4.34. The molecule has 2 aliphatic rings. The molecule has 2 saturated heterocycles. The SMILES string of the molecule is CC(C(=O)NC(N)=O)N1CCCC1C1CCCNC1. The van der Waals surface area contributed by atoms with Crippen molar-refractivity contribution < 1.29 is 9.59 Å². The molecule has 19 heavy (non-hydrogen) atoms. The zero-order chi connectivity index (χ0) is 13.8. The van der Waals surface area contributed by atoms with Gasteiger partial charge in [0.1, 0.15) is 0 Å². The highest BCUT2D eigenvalue weighted by atomic mass is 16.2. The lowest BCUT2D eigenvalue weighted by Crippen LogP contribution is -2.53. The van der Waals surface area contributed by atoms with Gasteiger partial charge < -0.3 is 11.1 Å². The first kappa shape index (κ1) is 14.3. The van der Waals surface area contributed by atoms with Gasteiger partial charge in [-0.25, -0.2) is 4.79 Å². The molecule has 108 valence electrons. The summed E-state index contributed by atoms with van der Waals surface area (Å²) in [5, 5.41) is 5.62. The van der Waals surface area contributed by atoms with Crippen LogP contribution < -0.4 is 16.4 Å². The number of urea groups is 1. The van der Waals surface area contributed by atoms with Gasteiger partial charge in [0.15, 0.2) is 0 Å². The Labute approximate surface area is 114 Å². The number of imide groups is 1. The molecule has 0 aromatic carbocycles. The Morgan fingerprint density at radius 1 is 1.37 bits per heavy atom. The van der Waals surface area contributed by atoms with E-state index >= 15 is 0 Å². The van der Waals surface area contributed by atoms with Crippen LogP contribution in [-0.2, 0) is 4.79 Å². The predicted octanol–water partition coefficient (Wildman–Crippen LogP) is 0.0338. The van der Waals surface area contributed by atoms with Crippen molar-refractivity contribution in [3.63, 3.8) is 0 Å². The van der Waals surface area contributed by atoms with E-state index in [1.165, 1.54) is 12.8 Å². The molecule has 0 aliphatic carbocycles. The molecule has 2 aliphatic heterocycles. The molecule has 0 radical (unpaired) electrons. The van der Waals surface area contributed by atoms with Crippen molar-refractivity contribution in [2.45, 2.75) is 44.7 Å². The molecular formula is C13H24N4O2. The second kappa shape index (κ2) is 6.34. The minimum Gasteiger partial charge on any atom is -0.351 e. The van der Waals surface area contributed by atoms with Crippen LogP contribution in [0.25, 0.3) is 0 Å². The van der Waals surface area contributed by atoms with E-state index in [2.05, 4.69) is 15.5 Å². The largest absolute Gasteiger partial charge is 0.351 e. The van der Waals surface area contributed by atoms with Crippen LogP contribution >= 0.6 is 0 Å². The first-order valence-electron chi connectivity index (χ1n) is 7.16. The van der Waals surface area contributed by atoms with Crippen LogP contribution in [0, 0.1) is 5.92 Å². The van der Waals surface area contributed by atoms with Gasteiger partial charge >= 0.3 is 6.03 Å². The van der Waals surface area contributed by atoms with E-state index in [0.29, 0.717) is 12.0 Å². The molecular weight excluding hydrogens is 244 g/mol. The Morgan fingerprint density at radius 2 is 2.16 bits per heavy atom. The Balaban J connectivity index is 1.97. The summed E-state index contributed by atoms with van der Waals surface area (Å²) in [5.74, 6) is 0.322. The van der Waals surface area contributed by atoms with E-state index in [0.717, 1.165) is 32.5 Å². The molecule has 0 spiro atoms. The predicted molar refractivity (Wildman–Crippen MR) is 72.5 cm³/mol. The number of nitrogens with two attached hydrogens (primary N) is 1. The van der Waals surface area contributed by atoms with Crippen LogP contribution in [0.4, 0.5) is 4.79 Å². The van der Waals surface area contributed by atoms with E-state index in [1.807, 2.05) is 6.92 Å². The summed E-state index contributed by atoms with van der Waals surface area (Å²) in [7, 11) is 0. The average molecular weight is 268 g/mol. The van der Waals surface area contributed by atoms with Crippen LogP contribution in [0.2, 0.25) is 0 Å². The maximum absolute atomic E-state index is 11.9. The maximum Gasteiger partial charge on any atom is 0.318 e. The van der Waals surface area contributed by atoms with Gasteiger partial charge in [0.25, 0.3) is 0 Å². The number of carbonyl (C=O) groups is 2. The quantitative estimate of drug-likeness (QED) is 0.674. The first-order valence-corrected chi connectivity index (χ1v) is 7.16. The minimum atomic E-state index is -0.771. The van der Waals surface area contributed by atoms with Crippen molar-refractivity contribution in [3.8, 4) is 0 Å². The Hall–Kier alpha value is -1.14. The van der Waals surface area contributed by atoms with Crippen molar-refractivity contribution in [1.29, 1.82) is 0 Å². The number of rotatable bonds is 3. The van der Waals surface area contributed by atoms with Crippen LogP contribution in [0.1, 0.15) is 32.6 Å². The van der Waals surface area contributed by atoms with Crippen LogP contribution in [-0.4, -0.2) is 48.6 Å². The zero-order valence-electron chi connectivity index (χ0n) is 11.5. The highest BCUT2D eigenvalue weighted by Crippen LogP contribution is 2.29. The third kappa shape index (κ3) is 3.45. The summed E-state index contributed by atoms with van der Waals surface area (Å²) < 4.78 is 0. The molecule has 3 atom stereocenters. The molecule has 2 rings (SSSR count). The van der Waals surface area contributed by atoms with Gasteiger partial charge in [-0.3, -0.25) is 15.0 Å². The number of nitrogens with zero attached hydrogens (tertiary/aromatic N) is 1. The topological polar surface area (TPSA) is 87.5 Å². The number of nitrogens with one attached hydrogen (secondary N) is 2. The van der Waals surface area contributed by atoms with Crippen molar-refractivity contribution >= 4 is 11.9 Å². The normalized spacial score (nSPS) is 29.9. The standard InChI is InChI=1S/C13H24N4O2/c1-9(12(18)16-13(14)19)17-7-3-5-11(17)10-4-2-6-15-8-10/h9-11,15H,2-8H2,1H3,(H3,14,16,18,19). The van der Waals surface area contributed by atoms with Crippen LogP contribution in [0.5, 0.6) is 0 Å². The first-order chi connectivity index (χ1) is 9.09. The number of primary amides is 1. The molecule has 0 saturated carbocycles. The number of carbonyl (C=O) groups excluding carboxylic acids is 2. The van der Waals surface area contributed by atoms with Crippen LogP contribution in [0.3, 0.4) is 0 Å². The number of piperidine rings is 1. The lowest BCUT2D eigenvalue weighted by Gasteiger charge is -2.36. The molecule has 6 heteroatoms. The third-order valence-electron chi connectivity index (χ3n) is 4.34. The number of hydrogen-bond donors (Lipinski definition) is 3. The molecule has 6 nitrogen and oxygen atoms in total. The highest BCUT2D eigenvalue weighted by molar-refractivity contribution is 5.96. The molecule has 2 heterocycles. The molecule has 3 amide bonds. The van der Waals surface area contributed by atoms with Gasteiger partial charge in [-0.1, -0.05) is 0 Å². The molecule has 0 aromatic heterocycles. The summed E-state index contributed by atoms with van der Waals surface area (Å²) in [6, 6.07) is -0.615. The van der Waals surface area contributed by atoms with E-state index in [9.17, 15) is 9.59 Å². The Morgan fingerprint density at radius 3 is 2.79 bits per heavy atom. The summed E-state index contributed by atoms with van der Waals surface area (Å²) in [6.45, 7) is 4.91. The fraction of sp³-hybridized carbons (Fsp3) is 0.846. The van der Waals surface area contributed by atoms with Crippen molar-refractivity contribution in [3.05, 3.63) is 0 Å². The average Bonchev–Trinajstić information content (AvgIpc) is 2.87. The zero-order valence-corrected chi connectivity index (χ0v) is 11.5. The van der Waals surface area contributed by atoms with Gasteiger partial charge in [-0.15, -0.1) is 0 Å². The van der Waals surface area contributed by atoms with Gasteiger partial charge in [-0.2, -0.15) is 0 Å². The molecule has 4 N–H and O–H groups in total. The van der Waals surface area contributed by atoms with E-state index < -0.39 is 6.03 Å². The van der Waals surface area contributed by atoms with Crippen LogP contribution in [0.15, 0.2) is 0 Å². The summed E-state index contributed by atoms with van der Waals surface area (Å²) in [5.41, 5.74) is 5.01. The van der Waals surface area contributed by atoms with Crippen molar-refractivity contribution in [2.24, 2.45) is 11.7 Å². The maximum atomic E-state index is 11.9. The monoisotopic (exact) mass is 268 g/mol. The Kier molecular flexibility index (Phi) is 4.76. The smallest absolute Gasteiger partial charge is 0.318 e. The lowest BCUT2D eigenvalue weighted by molar-refractivity contribution is -0.125. The molecule has 2 fully saturated rings. The fourth-order valence-electron chi connectivity index (χ4n) is 3.39. The highest BCUT2D eigenvalue weighted by Gasteiger charge is 2.37. The second-order valence-corrected chi connectivity index (χ2v) is 5.58. The van der Waals surface area contributed by atoms with E-state index in [4.69, 9.17) is 5.73 Å². The Bertz CT molecular complexity index is 342. The number of hydrogen-bond acceptors (Lipinski definition) is 4. The molecule has 3 unspecified atom stereocenters. The van der Waals surface area contributed by atoms with Gasteiger partial charge in [-0.05, 0) is 58.2 Å². The number of amides is 3. The summed E-state index contributed by atoms with van der Waals surface area (Å²) in [6.07, 6.45) is 4.69. The van der Waals surface area contributed by atoms with Gasteiger partial charge in [0.05, 0.1) is 6.04 Å². The summed E-state index contributed by atoms with van der Waals surface area (Å²) in [4.78, 5) is 24.9. The molecule has 0 bridgehead atoms. The lowest BCUT2D eigenvalue weighted by atomic mass is 9.89. The van der Waals surface area contributed by atoms with Crippen molar-refractivity contribution in [1.82, 2.24) is 15.5 Å². The summed E-state index contributed by atoms with van der Waals surface area (Å²) >= 11 is 0. The van der Waals surface area contributed by atoms with E-state index in [1.54, 1.807) is 0 Å². The second-order valence-electron chi connectivity index (χ2n) is 5.58. The van der Waals surface area contributed by atoms with Gasteiger partial charge in [0.2, 0.25) is 5.91 Å². The van der Waals surface area contributed by atoms with Gasteiger partial charge in [0, 0.05) is 6.04 Å². The fourth-order valence-corrected chi connectivity index (χ4v) is 3.39. The molecule has 0 aromatic rings. The minimum absolute atomic E-state index is 0.289. The van der Waals surface area contributed by atoms with Crippen molar-refractivity contribution in [2.75, 3.05) is 19.6 Å². The van der Waals surface area contributed by atoms with E-state index in [-0.39, 0.29) is 11.9 Å².